The summed E-state index contributed by atoms with van der Waals surface area (Å²) < 4.78 is 18.8. The van der Waals surface area contributed by atoms with Crippen molar-refractivity contribution in [3.05, 3.63) is 59.9 Å². The maximum Gasteiger partial charge on any atom is 0.257 e. The van der Waals surface area contributed by atoms with E-state index in [1.165, 1.54) is 25.0 Å². The Hall–Kier alpha value is -2.47. The first-order valence-electron chi connectivity index (χ1n) is 8.69. The van der Waals surface area contributed by atoms with Crippen LogP contribution in [0.1, 0.15) is 43.0 Å². The molecule has 0 atom stereocenters. The van der Waals surface area contributed by atoms with Crippen LogP contribution in [-0.4, -0.2) is 17.6 Å². The highest BCUT2D eigenvalue weighted by atomic mass is 32.1. The standard InChI is InChI=1S/C20H23FN2O2S/c1-2-3-4-5-13-25-18-11-9-15(10-12-18)19(24)23-20(26)22-17-8-6-7-16(21)14-17/h6-12,14H,2-5,13H2,1H3,(H2,22,23,24,26). The summed E-state index contributed by atoms with van der Waals surface area (Å²) in [6, 6.07) is 12.7. The molecule has 0 spiro atoms. The van der Waals surface area contributed by atoms with Gasteiger partial charge in [0.25, 0.3) is 5.91 Å². The fourth-order valence-corrected chi connectivity index (χ4v) is 2.54. The maximum atomic E-state index is 13.1. The van der Waals surface area contributed by atoms with E-state index in [4.69, 9.17) is 17.0 Å². The minimum absolute atomic E-state index is 0.108. The van der Waals surface area contributed by atoms with Crippen LogP contribution in [0.2, 0.25) is 0 Å². The highest BCUT2D eigenvalue weighted by Gasteiger charge is 2.08. The van der Waals surface area contributed by atoms with Crippen molar-refractivity contribution >= 4 is 28.9 Å². The van der Waals surface area contributed by atoms with E-state index in [2.05, 4.69) is 17.6 Å². The third kappa shape index (κ3) is 6.80. The van der Waals surface area contributed by atoms with E-state index in [0.717, 1.165) is 18.6 Å². The van der Waals surface area contributed by atoms with E-state index in [1.807, 2.05) is 0 Å². The highest BCUT2D eigenvalue weighted by Crippen LogP contribution is 2.13. The Kier molecular flexibility index (Phi) is 8.02. The number of anilines is 1. The SMILES string of the molecule is CCCCCCOc1ccc(C(=O)NC(=S)Nc2cccc(F)c2)cc1. The molecule has 0 aromatic heterocycles. The Morgan fingerprint density at radius 2 is 1.88 bits per heavy atom. The van der Waals surface area contributed by atoms with Gasteiger partial charge in [0.05, 0.1) is 6.61 Å². The second-order valence-corrected chi connectivity index (χ2v) is 6.26. The van der Waals surface area contributed by atoms with Gasteiger partial charge in [-0.2, -0.15) is 0 Å². The number of nitrogens with one attached hydrogen (secondary N) is 2. The van der Waals surface area contributed by atoms with Crippen LogP contribution in [0.4, 0.5) is 10.1 Å². The Morgan fingerprint density at radius 3 is 2.58 bits per heavy atom. The van der Waals surface area contributed by atoms with Crippen LogP contribution >= 0.6 is 12.2 Å². The van der Waals surface area contributed by atoms with Gasteiger partial charge >= 0.3 is 0 Å². The molecule has 1 amide bonds. The van der Waals surface area contributed by atoms with Crippen LogP contribution in [0.3, 0.4) is 0 Å². The zero-order valence-corrected chi connectivity index (χ0v) is 15.6. The molecule has 0 saturated carbocycles. The first-order valence-corrected chi connectivity index (χ1v) is 9.10. The first-order chi connectivity index (χ1) is 12.6. The number of hydrogen-bond acceptors (Lipinski definition) is 3. The van der Waals surface area contributed by atoms with Crippen molar-refractivity contribution < 1.29 is 13.9 Å². The molecule has 2 rings (SSSR count). The molecule has 4 nitrogen and oxygen atoms in total. The van der Waals surface area contributed by atoms with Gasteiger partial charge < -0.3 is 10.1 Å². The summed E-state index contributed by atoms with van der Waals surface area (Å²) >= 11 is 5.08. The summed E-state index contributed by atoms with van der Waals surface area (Å²) in [5.41, 5.74) is 0.939. The fourth-order valence-electron chi connectivity index (χ4n) is 2.33. The van der Waals surface area contributed by atoms with Crippen molar-refractivity contribution in [2.24, 2.45) is 0 Å². The Bertz CT molecular complexity index is 735. The average molecular weight is 374 g/mol. The van der Waals surface area contributed by atoms with E-state index in [0.29, 0.717) is 17.9 Å². The third-order valence-electron chi connectivity index (χ3n) is 3.69. The van der Waals surface area contributed by atoms with E-state index in [9.17, 15) is 9.18 Å². The number of benzene rings is 2. The molecule has 0 bridgehead atoms. The van der Waals surface area contributed by atoms with Crippen LogP contribution < -0.4 is 15.4 Å². The molecule has 0 aliphatic heterocycles. The monoisotopic (exact) mass is 374 g/mol. The number of carbonyl (C=O) groups excluding carboxylic acids is 1. The first kappa shape index (κ1) is 19.8. The lowest BCUT2D eigenvalue weighted by Gasteiger charge is -2.10. The quantitative estimate of drug-likeness (QED) is 0.509. The summed E-state index contributed by atoms with van der Waals surface area (Å²) in [4.78, 5) is 12.2. The van der Waals surface area contributed by atoms with Crippen molar-refractivity contribution in [3.8, 4) is 5.75 Å². The highest BCUT2D eigenvalue weighted by molar-refractivity contribution is 7.80. The van der Waals surface area contributed by atoms with Gasteiger partial charge in [0.2, 0.25) is 0 Å². The van der Waals surface area contributed by atoms with Crippen molar-refractivity contribution in [1.82, 2.24) is 5.32 Å². The molecule has 0 radical (unpaired) electrons. The fraction of sp³-hybridized carbons (Fsp3) is 0.300. The minimum atomic E-state index is -0.380. The molecule has 2 aromatic carbocycles. The molecule has 0 aliphatic rings. The Morgan fingerprint density at radius 1 is 1.12 bits per heavy atom. The van der Waals surface area contributed by atoms with Gasteiger partial charge in [0, 0.05) is 11.3 Å². The molecular formula is C20H23FN2O2S. The Labute approximate surface area is 158 Å². The number of ether oxygens (including phenoxy) is 1. The van der Waals surface area contributed by atoms with Gasteiger partial charge in [-0.1, -0.05) is 32.3 Å². The van der Waals surface area contributed by atoms with Crippen molar-refractivity contribution in [2.45, 2.75) is 32.6 Å². The summed E-state index contributed by atoms with van der Waals surface area (Å²) in [5, 5.41) is 5.45. The van der Waals surface area contributed by atoms with Crippen LogP contribution in [0.15, 0.2) is 48.5 Å². The molecule has 6 heteroatoms. The van der Waals surface area contributed by atoms with Crippen molar-refractivity contribution in [1.29, 1.82) is 0 Å². The lowest BCUT2D eigenvalue weighted by Crippen LogP contribution is -2.34. The number of unbranched alkanes of at least 4 members (excludes halogenated alkanes) is 3. The topological polar surface area (TPSA) is 50.4 Å². The second-order valence-electron chi connectivity index (χ2n) is 5.85. The third-order valence-corrected chi connectivity index (χ3v) is 3.90. The van der Waals surface area contributed by atoms with Gasteiger partial charge in [0.1, 0.15) is 11.6 Å². The van der Waals surface area contributed by atoms with Crippen LogP contribution in [0.25, 0.3) is 0 Å². The van der Waals surface area contributed by atoms with Gasteiger partial charge in [-0.25, -0.2) is 4.39 Å². The summed E-state index contributed by atoms with van der Waals surface area (Å²) in [6.45, 7) is 2.84. The molecule has 2 N–H and O–H groups in total. The number of halogens is 1. The van der Waals surface area contributed by atoms with Crippen molar-refractivity contribution in [2.75, 3.05) is 11.9 Å². The predicted molar refractivity (Wildman–Crippen MR) is 106 cm³/mol. The van der Waals surface area contributed by atoms with Crippen LogP contribution in [0.5, 0.6) is 5.75 Å². The maximum absolute atomic E-state index is 13.1. The molecule has 0 unspecified atom stereocenters. The minimum Gasteiger partial charge on any atom is -0.494 e. The summed E-state index contributed by atoms with van der Waals surface area (Å²) in [6.07, 6.45) is 4.59. The molecule has 0 saturated heterocycles. The van der Waals surface area contributed by atoms with E-state index >= 15 is 0 Å². The zero-order valence-electron chi connectivity index (χ0n) is 14.8. The number of rotatable bonds is 8. The molecule has 2 aromatic rings. The molecule has 0 heterocycles. The van der Waals surface area contributed by atoms with E-state index in [-0.39, 0.29) is 16.8 Å². The van der Waals surface area contributed by atoms with E-state index in [1.54, 1.807) is 36.4 Å². The smallest absolute Gasteiger partial charge is 0.257 e. The van der Waals surface area contributed by atoms with Crippen LogP contribution in [0, 0.1) is 5.82 Å². The lowest BCUT2D eigenvalue weighted by molar-refractivity contribution is 0.0977. The molecule has 0 fully saturated rings. The predicted octanol–water partition coefficient (Wildman–Crippen LogP) is 4.91. The molecular weight excluding hydrogens is 351 g/mol. The van der Waals surface area contributed by atoms with Crippen LogP contribution in [-0.2, 0) is 0 Å². The normalized spacial score (nSPS) is 10.2. The van der Waals surface area contributed by atoms with Gasteiger partial charge in [-0.05, 0) is 61.1 Å². The summed E-state index contributed by atoms with van der Waals surface area (Å²) in [7, 11) is 0. The average Bonchev–Trinajstić information content (AvgIpc) is 2.62. The number of thiocarbonyl (C=S) groups is 1. The number of amides is 1. The second kappa shape index (κ2) is 10.5. The summed E-state index contributed by atoms with van der Waals surface area (Å²) in [5.74, 6) is 0.0151. The van der Waals surface area contributed by atoms with Gasteiger partial charge in [-0.3, -0.25) is 10.1 Å². The lowest BCUT2D eigenvalue weighted by atomic mass is 10.2. The number of hydrogen-bond donors (Lipinski definition) is 2. The number of carbonyl (C=O) groups is 1. The zero-order chi connectivity index (χ0) is 18.8. The van der Waals surface area contributed by atoms with E-state index < -0.39 is 0 Å². The van der Waals surface area contributed by atoms with Gasteiger partial charge in [-0.15, -0.1) is 0 Å². The molecule has 0 aliphatic carbocycles. The molecule has 138 valence electrons. The van der Waals surface area contributed by atoms with Crippen molar-refractivity contribution in [3.63, 3.8) is 0 Å². The Balaban J connectivity index is 1.80. The molecule has 26 heavy (non-hydrogen) atoms. The largest absolute Gasteiger partial charge is 0.494 e. The van der Waals surface area contributed by atoms with Gasteiger partial charge in [0.15, 0.2) is 5.11 Å².